The number of carbonyl (C=O) groups is 8. The number of halogens is 12. The maximum absolute atomic E-state index is 15.7. The molecule has 4 heterocycles. The van der Waals surface area contributed by atoms with Crippen LogP contribution in [-0.2, 0) is 23.2 Å². The number of phenolic OH excluding ortho intramolecular Hbond substituents is 2. The van der Waals surface area contributed by atoms with E-state index in [4.69, 9.17) is 0 Å². The molecule has 4 aliphatic rings. The molecule has 0 bridgehead atoms. The molecule has 26 heteroatoms. The van der Waals surface area contributed by atoms with Crippen molar-refractivity contribution in [1.29, 1.82) is 0 Å². The van der Waals surface area contributed by atoms with Gasteiger partial charge in [-0.1, -0.05) is 102 Å². The Labute approximate surface area is 579 Å². The van der Waals surface area contributed by atoms with Gasteiger partial charge in [0.1, 0.15) is 11.5 Å². The minimum absolute atomic E-state index is 0.0684. The molecule has 0 saturated heterocycles. The van der Waals surface area contributed by atoms with Gasteiger partial charge in [0.25, 0.3) is 47.3 Å². The first-order valence-corrected chi connectivity index (χ1v) is 32.5. The zero-order chi connectivity index (χ0) is 75.2. The van der Waals surface area contributed by atoms with Gasteiger partial charge in [-0.3, -0.25) is 48.2 Å². The molecule has 0 saturated carbocycles. The number of hydrogen-bond acceptors (Lipinski definition) is 10. The van der Waals surface area contributed by atoms with Crippen LogP contribution < -0.4 is 9.80 Å². The summed E-state index contributed by atoms with van der Waals surface area (Å²) < 4.78 is 186. The first-order valence-electron chi connectivity index (χ1n) is 32.5. The average Bonchev–Trinajstić information content (AvgIpc) is 1.48. The van der Waals surface area contributed by atoms with E-state index in [1.165, 1.54) is 81.4 Å². The summed E-state index contributed by atoms with van der Waals surface area (Å²) in [5.41, 5.74) is -19.2. The minimum Gasteiger partial charge on any atom is -0.508 e. The number of imide groups is 4. The summed E-state index contributed by atoms with van der Waals surface area (Å²) >= 11 is 0. The average molecular weight is 1430 g/mol. The van der Waals surface area contributed by atoms with Gasteiger partial charge in [0.15, 0.2) is 0 Å². The van der Waals surface area contributed by atoms with Gasteiger partial charge in [-0.15, -0.1) is 0 Å². The zero-order valence-electron chi connectivity index (χ0n) is 55.8. The summed E-state index contributed by atoms with van der Waals surface area (Å²) in [6, 6.07) is 22.7. The van der Waals surface area contributed by atoms with Gasteiger partial charge in [0.2, 0.25) is 5.41 Å². The molecular weight excluding hydrogens is 1370 g/mol. The number of fused-ring (bicyclic) bond motifs is 4. The maximum Gasteiger partial charge on any atom is 0.417 e. The Morgan fingerprint density at radius 3 is 1.24 bits per heavy atom. The van der Waals surface area contributed by atoms with Crippen LogP contribution in [0.3, 0.4) is 0 Å². The van der Waals surface area contributed by atoms with Gasteiger partial charge in [-0.25, -0.2) is 9.80 Å². The number of aromatic hydroxyl groups is 2. The lowest BCUT2D eigenvalue weighted by atomic mass is 9.63. The Morgan fingerprint density at radius 2 is 0.767 bits per heavy atom. The molecule has 2 N–H and O–H groups in total. The van der Waals surface area contributed by atoms with E-state index in [-0.39, 0.29) is 85.9 Å². The Morgan fingerprint density at radius 1 is 0.379 bits per heavy atom. The summed E-state index contributed by atoms with van der Waals surface area (Å²) in [4.78, 5) is 115. The number of carbonyl (C=O) groups excluding carboxylic acids is 8. The van der Waals surface area contributed by atoms with E-state index in [2.05, 4.69) is 0 Å². The van der Waals surface area contributed by atoms with Crippen LogP contribution in [0.5, 0.6) is 11.5 Å². The normalized spacial score (nSPS) is 16.7. The molecule has 8 amide bonds. The van der Waals surface area contributed by atoms with Gasteiger partial charge >= 0.3 is 24.7 Å². The second kappa shape index (κ2) is 24.7. The van der Waals surface area contributed by atoms with E-state index in [1.54, 1.807) is 34.6 Å². The molecular formula is C77H60F12N4O10. The van der Waals surface area contributed by atoms with Gasteiger partial charge < -0.3 is 10.2 Å². The van der Waals surface area contributed by atoms with Crippen LogP contribution in [0.15, 0.2) is 146 Å². The Bertz CT molecular complexity index is 5020. The summed E-state index contributed by atoms with van der Waals surface area (Å²) in [5, 5.41) is 21.6. The summed E-state index contributed by atoms with van der Waals surface area (Å²) in [6.07, 6.45) is -22.7. The number of alkyl halides is 12. The zero-order valence-corrected chi connectivity index (χ0v) is 55.8. The van der Waals surface area contributed by atoms with E-state index in [1.807, 2.05) is 0 Å². The van der Waals surface area contributed by atoms with Crippen LogP contribution in [0.4, 0.5) is 64.1 Å². The van der Waals surface area contributed by atoms with Crippen LogP contribution in [-0.4, -0.2) is 91.2 Å². The van der Waals surface area contributed by atoms with E-state index >= 15 is 52.7 Å². The lowest BCUT2D eigenvalue weighted by Crippen LogP contribution is -2.61. The largest absolute Gasteiger partial charge is 0.508 e. The fourth-order valence-electron chi connectivity index (χ4n) is 14.7. The third kappa shape index (κ3) is 10.9. The van der Waals surface area contributed by atoms with Crippen LogP contribution in [0.2, 0.25) is 0 Å². The van der Waals surface area contributed by atoms with Crippen LogP contribution in [0.25, 0.3) is 33.4 Å². The summed E-state index contributed by atoms with van der Waals surface area (Å²) in [7, 11) is 0. The number of anilines is 2. The molecule has 0 fully saturated rings. The lowest BCUT2D eigenvalue weighted by molar-refractivity contribution is -0.288. The first-order chi connectivity index (χ1) is 48.2. The molecule has 14 nitrogen and oxygen atoms in total. The van der Waals surface area contributed by atoms with Crippen molar-refractivity contribution in [3.05, 3.63) is 223 Å². The van der Waals surface area contributed by atoms with Crippen molar-refractivity contribution in [2.75, 3.05) is 9.80 Å². The fraction of sp³-hybridized carbons (Fsp3) is 0.273. The lowest BCUT2D eigenvalue weighted by Gasteiger charge is -2.51. The molecule has 8 aromatic rings. The highest BCUT2D eigenvalue weighted by atomic mass is 19.4. The van der Waals surface area contributed by atoms with E-state index in [0.717, 1.165) is 40.1 Å². The fourth-order valence-corrected chi connectivity index (χ4v) is 14.7. The second-order valence-electron chi connectivity index (χ2n) is 26.4. The van der Waals surface area contributed by atoms with E-state index in [0.29, 0.717) is 71.0 Å². The highest BCUT2D eigenvalue weighted by Gasteiger charge is 2.73. The number of nitrogens with zero attached hydrogens (tertiary/aromatic N) is 4. The van der Waals surface area contributed by atoms with Crippen molar-refractivity contribution < 1.29 is 101 Å². The molecule has 12 rings (SSSR count). The maximum atomic E-state index is 15.7. The predicted octanol–water partition coefficient (Wildman–Crippen LogP) is 18.2. The third-order valence-electron chi connectivity index (χ3n) is 21.3. The summed E-state index contributed by atoms with van der Waals surface area (Å²) in [5.74, 6) is -9.95. The highest BCUT2D eigenvalue weighted by Crippen LogP contribution is 2.59. The van der Waals surface area contributed by atoms with Gasteiger partial charge in [-0.05, 0) is 186 Å². The van der Waals surface area contributed by atoms with Gasteiger partial charge in [-0.2, -0.15) is 52.7 Å². The quantitative estimate of drug-likeness (QED) is 0.0695. The number of rotatable bonds is 16. The molecule has 0 spiro atoms. The van der Waals surface area contributed by atoms with E-state index in [9.17, 15) is 48.6 Å². The predicted molar refractivity (Wildman–Crippen MR) is 353 cm³/mol. The van der Waals surface area contributed by atoms with Crippen molar-refractivity contribution in [2.45, 2.75) is 134 Å². The van der Waals surface area contributed by atoms with Crippen molar-refractivity contribution in [3.63, 3.8) is 0 Å². The second-order valence-corrected chi connectivity index (χ2v) is 26.4. The summed E-state index contributed by atoms with van der Waals surface area (Å²) in [6.45, 7) is 12.6. The topological polar surface area (TPSA) is 190 Å². The molecule has 4 unspecified atom stereocenters. The Kier molecular flexibility index (Phi) is 17.2. The van der Waals surface area contributed by atoms with Crippen LogP contribution >= 0.6 is 0 Å². The molecule has 8 aromatic carbocycles. The number of amides is 8. The molecule has 532 valence electrons. The van der Waals surface area contributed by atoms with E-state index < -0.39 is 168 Å². The van der Waals surface area contributed by atoms with Gasteiger partial charge in [0.05, 0.1) is 72.5 Å². The molecule has 0 aliphatic carbocycles. The minimum atomic E-state index is -6.18. The molecule has 0 aromatic heterocycles. The van der Waals surface area contributed by atoms with Crippen molar-refractivity contribution in [1.82, 2.24) is 9.80 Å². The molecule has 4 aliphatic heterocycles. The number of benzene rings is 8. The van der Waals surface area contributed by atoms with Crippen molar-refractivity contribution in [2.24, 2.45) is 0 Å². The third-order valence-corrected chi connectivity index (χ3v) is 21.3. The Balaban J connectivity index is 0.833. The van der Waals surface area contributed by atoms with Crippen molar-refractivity contribution >= 4 is 58.6 Å². The standard InChI is InChI=1S/C77H60F12N4O10/c1-9-37(5)53-33-44(18-27-61(53)94)73(76(84,85)86,77(87,88)89)45-19-28-62(95)60(35-45)92-65(98)51-23-15-41(31-56(51)68(92)101)42-16-24-52-57(32-42)70(103)93(69(52)102)72(8,12-4)71(7,11-3)43-17-25-47(58(34-43)74(78,79)80)48-26-20-46(36-59(48)75(81,82)83)91-64(97)50-22-14-40(30-55(50)67(91)100)39-13-21-49-54(29-39)66(99)90(63(49)96)38(6)10-2/h13-38,94-95H,9-12H2,1-8H3. The van der Waals surface area contributed by atoms with Gasteiger partial charge in [0, 0.05) is 11.5 Å². The molecule has 0 radical (unpaired) electrons. The Hall–Kier alpha value is -10.9. The number of phenols is 2. The smallest absolute Gasteiger partial charge is 0.417 e. The number of hydrogen-bond donors (Lipinski definition) is 2. The molecule has 103 heavy (non-hydrogen) atoms. The first kappa shape index (κ1) is 71.9. The van der Waals surface area contributed by atoms with Crippen LogP contribution in [0, 0.1) is 0 Å². The van der Waals surface area contributed by atoms with Crippen LogP contribution in [0.1, 0.15) is 203 Å². The monoisotopic (exact) mass is 1430 g/mol. The molecule has 4 atom stereocenters. The highest BCUT2D eigenvalue weighted by molar-refractivity contribution is 6.36. The van der Waals surface area contributed by atoms with Crippen molar-refractivity contribution in [3.8, 4) is 44.9 Å². The SMILES string of the molecule is CCC(C)c1cc(C(c2ccc(O)c(N3C(=O)c4ccc(-c5ccc6c(c5)C(=O)N(C(C)(CC)C(C)(CC)c5ccc(-c7ccc(N8C(=O)c9ccc(-c%10ccc%11c(c%10)C(=O)N(C(C)CC)C%11=O)cc9C8=O)cc7C(F)(F)F)c(C(F)(F)F)c5)C6=O)cc4C3=O)c2)(C(F)(F)F)C(F)(F)F)ccc1O.